The zero-order valence-corrected chi connectivity index (χ0v) is 8.57. The van der Waals surface area contributed by atoms with Gasteiger partial charge in [-0.1, -0.05) is 19.8 Å². The monoisotopic (exact) mass is 201 g/mol. The van der Waals surface area contributed by atoms with Gasteiger partial charge in [0.15, 0.2) is 0 Å². The van der Waals surface area contributed by atoms with Crippen LogP contribution in [-0.4, -0.2) is 28.3 Å². The number of carboxylic acids is 1. The molecular formula is C10H19NO3. The van der Waals surface area contributed by atoms with Crippen molar-refractivity contribution in [2.24, 2.45) is 11.1 Å². The van der Waals surface area contributed by atoms with Crippen LogP contribution in [0.5, 0.6) is 0 Å². The second-order valence-corrected chi connectivity index (χ2v) is 4.28. The normalized spacial score (nSPS) is 37.4. The average Bonchev–Trinajstić information content (AvgIpc) is 2.39. The first kappa shape index (κ1) is 11.5. The molecule has 1 aliphatic carbocycles. The Bertz CT molecular complexity index is 219. The number of aliphatic hydroxyl groups excluding tert-OH is 1. The average molecular weight is 201 g/mol. The summed E-state index contributed by atoms with van der Waals surface area (Å²) in [5, 5.41) is 18.9. The van der Waals surface area contributed by atoms with E-state index in [0.29, 0.717) is 19.3 Å². The zero-order chi connectivity index (χ0) is 10.8. The number of nitrogens with two attached hydrogens (primary N) is 1. The van der Waals surface area contributed by atoms with Crippen molar-refractivity contribution in [2.45, 2.75) is 51.2 Å². The highest BCUT2D eigenvalue weighted by Gasteiger charge is 2.50. The van der Waals surface area contributed by atoms with Gasteiger partial charge in [0, 0.05) is 6.04 Å². The molecule has 1 rings (SSSR count). The van der Waals surface area contributed by atoms with E-state index in [2.05, 4.69) is 0 Å². The van der Waals surface area contributed by atoms with E-state index in [1.807, 2.05) is 6.92 Å². The van der Waals surface area contributed by atoms with Crippen molar-refractivity contribution in [1.82, 2.24) is 0 Å². The molecule has 14 heavy (non-hydrogen) atoms. The van der Waals surface area contributed by atoms with Crippen LogP contribution in [0.2, 0.25) is 0 Å². The second kappa shape index (κ2) is 4.28. The molecule has 0 amide bonds. The van der Waals surface area contributed by atoms with Crippen LogP contribution in [0.25, 0.3) is 0 Å². The first-order valence-corrected chi connectivity index (χ1v) is 5.20. The lowest BCUT2D eigenvalue weighted by Gasteiger charge is -2.27. The van der Waals surface area contributed by atoms with Crippen LogP contribution in [0.3, 0.4) is 0 Å². The van der Waals surface area contributed by atoms with Gasteiger partial charge in [0.2, 0.25) is 0 Å². The molecule has 3 atom stereocenters. The van der Waals surface area contributed by atoms with Gasteiger partial charge < -0.3 is 15.9 Å². The molecule has 1 aliphatic rings. The number of carboxylic acid groups (broad SMARTS) is 1. The number of aliphatic hydroxyl groups is 1. The van der Waals surface area contributed by atoms with Gasteiger partial charge in [-0.25, -0.2) is 0 Å². The van der Waals surface area contributed by atoms with Gasteiger partial charge in [0.1, 0.15) is 0 Å². The Hall–Kier alpha value is -0.610. The molecule has 0 aromatic carbocycles. The van der Waals surface area contributed by atoms with Crippen LogP contribution in [0.15, 0.2) is 0 Å². The molecule has 4 heteroatoms. The van der Waals surface area contributed by atoms with Crippen LogP contribution in [0.4, 0.5) is 0 Å². The van der Waals surface area contributed by atoms with Crippen molar-refractivity contribution in [1.29, 1.82) is 0 Å². The number of unbranched alkanes of at least 4 members (excludes halogenated alkanes) is 1. The molecular weight excluding hydrogens is 182 g/mol. The fourth-order valence-electron chi connectivity index (χ4n) is 2.30. The fourth-order valence-corrected chi connectivity index (χ4v) is 2.30. The molecule has 0 radical (unpaired) electrons. The SMILES string of the molecule is CCCCC1(C(=O)O)CC(N)CC1O. The minimum Gasteiger partial charge on any atom is -0.481 e. The van der Waals surface area contributed by atoms with Crippen molar-refractivity contribution in [3.05, 3.63) is 0 Å². The van der Waals surface area contributed by atoms with Crippen molar-refractivity contribution in [3.63, 3.8) is 0 Å². The van der Waals surface area contributed by atoms with E-state index in [-0.39, 0.29) is 6.04 Å². The lowest BCUT2D eigenvalue weighted by molar-refractivity contribution is -0.155. The van der Waals surface area contributed by atoms with Crippen LogP contribution in [0, 0.1) is 5.41 Å². The Morgan fingerprint density at radius 3 is 2.64 bits per heavy atom. The van der Waals surface area contributed by atoms with Gasteiger partial charge in [-0.05, 0) is 19.3 Å². The number of carbonyl (C=O) groups is 1. The summed E-state index contributed by atoms with van der Waals surface area (Å²) in [6.07, 6.45) is 2.35. The number of hydrogen-bond donors (Lipinski definition) is 3. The lowest BCUT2D eigenvalue weighted by atomic mass is 9.79. The summed E-state index contributed by atoms with van der Waals surface area (Å²) >= 11 is 0. The van der Waals surface area contributed by atoms with Crippen LogP contribution >= 0.6 is 0 Å². The first-order chi connectivity index (χ1) is 6.53. The molecule has 3 unspecified atom stereocenters. The van der Waals surface area contributed by atoms with Crippen molar-refractivity contribution in [2.75, 3.05) is 0 Å². The van der Waals surface area contributed by atoms with E-state index in [1.165, 1.54) is 0 Å². The van der Waals surface area contributed by atoms with Crippen LogP contribution in [-0.2, 0) is 4.79 Å². The maximum Gasteiger partial charge on any atom is 0.312 e. The molecule has 0 bridgehead atoms. The summed E-state index contributed by atoms with van der Waals surface area (Å²) in [5.74, 6) is -0.897. The van der Waals surface area contributed by atoms with E-state index in [4.69, 9.17) is 10.8 Å². The Kier molecular flexibility index (Phi) is 3.50. The molecule has 82 valence electrons. The van der Waals surface area contributed by atoms with E-state index >= 15 is 0 Å². The topological polar surface area (TPSA) is 83.5 Å². The van der Waals surface area contributed by atoms with Gasteiger partial charge in [-0.3, -0.25) is 4.79 Å². The molecule has 0 aromatic heterocycles. The predicted molar refractivity (Wildman–Crippen MR) is 52.8 cm³/mol. The minimum atomic E-state index is -0.977. The van der Waals surface area contributed by atoms with E-state index < -0.39 is 17.5 Å². The second-order valence-electron chi connectivity index (χ2n) is 4.28. The van der Waals surface area contributed by atoms with Gasteiger partial charge in [-0.15, -0.1) is 0 Å². The predicted octanol–water partition coefficient (Wildman–Crippen LogP) is 0.730. The standard InChI is InChI=1S/C10H19NO3/c1-2-3-4-10(9(13)14)6-7(11)5-8(10)12/h7-8,12H,2-6,11H2,1H3,(H,13,14). The quantitative estimate of drug-likeness (QED) is 0.626. The molecule has 0 aliphatic heterocycles. The number of aliphatic carboxylic acids is 1. The Labute approximate surface area is 84.1 Å². The van der Waals surface area contributed by atoms with Gasteiger partial charge in [-0.2, -0.15) is 0 Å². The third-order valence-electron chi connectivity index (χ3n) is 3.19. The Morgan fingerprint density at radius 2 is 2.29 bits per heavy atom. The first-order valence-electron chi connectivity index (χ1n) is 5.20. The fraction of sp³-hybridized carbons (Fsp3) is 0.900. The number of rotatable bonds is 4. The third kappa shape index (κ3) is 1.91. The molecule has 0 spiro atoms. The molecule has 0 saturated heterocycles. The van der Waals surface area contributed by atoms with Gasteiger partial charge in [0.05, 0.1) is 11.5 Å². The number of hydrogen-bond acceptors (Lipinski definition) is 3. The summed E-state index contributed by atoms with van der Waals surface area (Å²) in [6.45, 7) is 2.01. The smallest absolute Gasteiger partial charge is 0.312 e. The summed E-state index contributed by atoms with van der Waals surface area (Å²) in [5.41, 5.74) is 4.71. The summed E-state index contributed by atoms with van der Waals surface area (Å²) < 4.78 is 0. The van der Waals surface area contributed by atoms with Crippen molar-refractivity contribution >= 4 is 5.97 Å². The molecule has 1 fully saturated rings. The molecule has 1 saturated carbocycles. The molecule has 4 N–H and O–H groups in total. The molecule has 0 heterocycles. The maximum atomic E-state index is 11.2. The minimum absolute atomic E-state index is 0.169. The lowest BCUT2D eigenvalue weighted by Crippen LogP contribution is -2.38. The largest absolute Gasteiger partial charge is 0.481 e. The van der Waals surface area contributed by atoms with Crippen LogP contribution < -0.4 is 5.73 Å². The summed E-state index contributed by atoms with van der Waals surface area (Å²) in [4.78, 5) is 11.2. The maximum absolute atomic E-state index is 11.2. The van der Waals surface area contributed by atoms with Crippen molar-refractivity contribution < 1.29 is 15.0 Å². The highest BCUT2D eigenvalue weighted by molar-refractivity contribution is 5.76. The molecule has 4 nitrogen and oxygen atoms in total. The summed E-state index contributed by atoms with van der Waals surface area (Å²) in [6, 6.07) is -0.169. The zero-order valence-electron chi connectivity index (χ0n) is 8.57. The third-order valence-corrected chi connectivity index (χ3v) is 3.19. The highest BCUT2D eigenvalue weighted by atomic mass is 16.4. The van der Waals surface area contributed by atoms with Crippen molar-refractivity contribution in [3.8, 4) is 0 Å². The Morgan fingerprint density at radius 1 is 1.64 bits per heavy atom. The highest BCUT2D eigenvalue weighted by Crippen LogP contribution is 2.42. The van der Waals surface area contributed by atoms with Gasteiger partial charge >= 0.3 is 5.97 Å². The van der Waals surface area contributed by atoms with Gasteiger partial charge in [0.25, 0.3) is 0 Å². The van der Waals surface area contributed by atoms with E-state index in [1.54, 1.807) is 0 Å². The summed E-state index contributed by atoms with van der Waals surface area (Å²) in [7, 11) is 0. The van der Waals surface area contributed by atoms with Crippen LogP contribution in [0.1, 0.15) is 39.0 Å². The van der Waals surface area contributed by atoms with E-state index in [9.17, 15) is 9.90 Å². The Balaban J connectivity index is 2.76. The van der Waals surface area contributed by atoms with E-state index in [0.717, 1.165) is 12.8 Å². The molecule has 0 aromatic rings.